The number of benzene rings is 1. The van der Waals surface area contributed by atoms with Gasteiger partial charge < -0.3 is 10.1 Å². The Kier molecular flexibility index (Phi) is 4.95. The van der Waals surface area contributed by atoms with Gasteiger partial charge in [0.25, 0.3) is 5.91 Å². The van der Waals surface area contributed by atoms with Crippen LogP contribution in [0.2, 0.25) is 0 Å². The molecule has 1 amide bonds. The fourth-order valence-corrected chi connectivity index (χ4v) is 3.34. The smallest absolute Gasteiger partial charge is 0.259 e. The zero-order valence-electron chi connectivity index (χ0n) is 13.1. The van der Waals surface area contributed by atoms with Crippen LogP contribution < -0.4 is 10.1 Å². The third-order valence-electron chi connectivity index (χ3n) is 4.20. The first-order valence-electron chi connectivity index (χ1n) is 7.87. The second-order valence-corrected chi connectivity index (χ2v) is 6.85. The fourth-order valence-electron chi connectivity index (χ4n) is 2.98. The number of aromatic nitrogens is 2. The van der Waals surface area contributed by atoms with E-state index < -0.39 is 5.54 Å². The summed E-state index contributed by atoms with van der Waals surface area (Å²) in [5.41, 5.74) is -0.0143. The number of amides is 1. The number of fused-ring (bicyclic) bond motifs is 1. The molecular weight excluding hydrogens is 372 g/mol. The molecule has 0 spiro atoms. The van der Waals surface area contributed by atoms with E-state index in [4.69, 9.17) is 4.74 Å². The molecular formula is C17H17BrN4O2. The number of hydrogen-bond donors (Lipinski definition) is 1. The second kappa shape index (κ2) is 7.14. The van der Waals surface area contributed by atoms with Crippen LogP contribution in [-0.4, -0.2) is 28.0 Å². The molecule has 1 aromatic heterocycles. The van der Waals surface area contributed by atoms with Crippen molar-refractivity contribution >= 4 is 32.7 Å². The van der Waals surface area contributed by atoms with Gasteiger partial charge in [-0.2, -0.15) is 5.26 Å². The van der Waals surface area contributed by atoms with Crippen LogP contribution >= 0.6 is 15.9 Å². The van der Waals surface area contributed by atoms with E-state index in [1.54, 1.807) is 0 Å². The molecule has 3 rings (SSSR count). The summed E-state index contributed by atoms with van der Waals surface area (Å²) in [5, 5.41) is 13.0. The molecule has 7 heteroatoms. The first kappa shape index (κ1) is 16.7. The topological polar surface area (TPSA) is 87.9 Å². The van der Waals surface area contributed by atoms with E-state index in [1.807, 2.05) is 18.2 Å². The predicted molar refractivity (Wildman–Crippen MR) is 92.3 cm³/mol. The van der Waals surface area contributed by atoms with E-state index in [0.717, 1.165) is 34.6 Å². The van der Waals surface area contributed by atoms with Crippen LogP contribution in [0, 0.1) is 11.3 Å². The number of halogens is 1. The molecule has 0 unspecified atom stereocenters. The molecule has 124 valence electrons. The minimum Gasteiger partial charge on any atom is -0.467 e. The molecule has 1 aliphatic carbocycles. The molecule has 6 nitrogen and oxygen atoms in total. The standard InChI is InChI=1S/C17H17BrN4O2/c18-12-4-5-14-13(8-12)16(21-11-20-14)24-9-15(23)22-17(10-19)6-2-1-3-7-17/h4-5,8,11H,1-3,6-7,9H2,(H,22,23). The van der Waals surface area contributed by atoms with Gasteiger partial charge in [0.15, 0.2) is 6.61 Å². The fraction of sp³-hybridized carbons (Fsp3) is 0.412. The lowest BCUT2D eigenvalue weighted by molar-refractivity contribution is -0.124. The number of hydrogen-bond acceptors (Lipinski definition) is 5. The van der Waals surface area contributed by atoms with Crippen molar-refractivity contribution in [3.63, 3.8) is 0 Å². The van der Waals surface area contributed by atoms with Crippen LogP contribution in [0.4, 0.5) is 0 Å². The average molecular weight is 389 g/mol. The maximum absolute atomic E-state index is 12.2. The number of carbonyl (C=O) groups is 1. The Morgan fingerprint density at radius 1 is 1.33 bits per heavy atom. The molecule has 0 radical (unpaired) electrons. The lowest BCUT2D eigenvalue weighted by Gasteiger charge is -2.31. The van der Waals surface area contributed by atoms with Gasteiger partial charge in [-0.15, -0.1) is 0 Å². The Hall–Kier alpha value is -2.20. The Labute approximate surface area is 148 Å². The number of nitrogens with one attached hydrogen (secondary N) is 1. The average Bonchev–Trinajstić information content (AvgIpc) is 2.60. The number of nitrogens with zero attached hydrogens (tertiary/aromatic N) is 3. The molecule has 1 aliphatic rings. The van der Waals surface area contributed by atoms with Crippen molar-refractivity contribution in [3.05, 3.63) is 29.0 Å². The molecule has 1 saturated carbocycles. The van der Waals surface area contributed by atoms with Gasteiger partial charge in [-0.25, -0.2) is 9.97 Å². The number of nitriles is 1. The first-order chi connectivity index (χ1) is 11.6. The summed E-state index contributed by atoms with van der Waals surface area (Å²) >= 11 is 3.40. The minimum absolute atomic E-state index is 0.179. The van der Waals surface area contributed by atoms with Crippen molar-refractivity contribution in [1.82, 2.24) is 15.3 Å². The van der Waals surface area contributed by atoms with Crippen molar-refractivity contribution in [2.24, 2.45) is 0 Å². The Bertz CT molecular complexity index is 797. The van der Waals surface area contributed by atoms with Crippen molar-refractivity contribution < 1.29 is 9.53 Å². The Morgan fingerprint density at radius 3 is 2.88 bits per heavy atom. The van der Waals surface area contributed by atoms with Crippen LogP contribution in [0.1, 0.15) is 32.1 Å². The van der Waals surface area contributed by atoms with Crippen molar-refractivity contribution in [2.45, 2.75) is 37.6 Å². The zero-order chi connectivity index (χ0) is 17.0. The van der Waals surface area contributed by atoms with Gasteiger partial charge in [0, 0.05) is 4.47 Å². The summed E-state index contributed by atoms with van der Waals surface area (Å²) in [4.78, 5) is 20.5. The quantitative estimate of drug-likeness (QED) is 0.868. The largest absolute Gasteiger partial charge is 0.467 e. The lowest BCUT2D eigenvalue weighted by atomic mass is 9.83. The molecule has 0 atom stereocenters. The van der Waals surface area contributed by atoms with Crippen LogP contribution in [0.5, 0.6) is 5.88 Å². The molecule has 24 heavy (non-hydrogen) atoms. The van der Waals surface area contributed by atoms with E-state index in [0.29, 0.717) is 18.7 Å². The summed E-state index contributed by atoms with van der Waals surface area (Å²) in [6.07, 6.45) is 5.81. The van der Waals surface area contributed by atoms with E-state index in [2.05, 4.69) is 37.3 Å². The van der Waals surface area contributed by atoms with Gasteiger partial charge in [0.1, 0.15) is 11.9 Å². The predicted octanol–water partition coefficient (Wildman–Crippen LogP) is 3.11. The highest BCUT2D eigenvalue weighted by Gasteiger charge is 2.33. The molecule has 0 saturated heterocycles. The summed E-state index contributed by atoms with van der Waals surface area (Å²) in [5.74, 6) is 0.0475. The van der Waals surface area contributed by atoms with Crippen molar-refractivity contribution in [3.8, 4) is 11.9 Å². The highest BCUT2D eigenvalue weighted by Crippen LogP contribution is 2.28. The van der Waals surface area contributed by atoms with Gasteiger partial charge in [-0.1, -0.05) is 35.2 Å². The van der Waals surface area contributed by atoms with Gasteiger partial charge in [0.05, 0.1) is 17.0 Å². The van der Waals surface area contributed by atoms with Crippen molar-refractivity contribution in [2.75, 3.05) is 6.61 Å². The van der Waals surface area contributed by atoms with E-state index in [1.165, 1.54) is 6.33 Å². The van der Waals surface area contributed by atoms with Gasteiger partial charge >= 0.3 is 0 Å². The highest BCUT2D eigenvalue weighted by atomic mass is 79.9. The monoisotopic (exact) mass is 388 g/mol. The summed E-state index contributed by atoms with van der Waals surface area (Å²) in [7, 11) is 0. The van der Waals surface area contributed by atoms with Gasteiger partial charge in [-0.3, -0.25) is 4.79 Å². The zero-order valence-corrected chi connectivity index (χ0v) is 14.7. The minimum atomic E-state index is -0.755. The van der Waals surface area contributed by atoms with Crippen LogP contribution in [-0.2, 0) is 4.79 Å². The summed E-state index contributed by atoms with van der Waals surface area (Å²) < 4.78 is 6.45. The molecule has 2 aromatic rings. The SMILES string of the molecule is N#CC1(NC(=O)COc2ncnc3ccc(Br)cc23)CCCCC1. The molecule has 1 fully saturated rings. The summed E-state index contributed by atoms with van der Waals surface area (Å²) in [6, 6.07) is 7.84. The van der Waals surface area contributed by atoms with Crippen LogP contribution in [0.3, 0.4) is 0 Å². The van der Waals surface area contributed by atoms with E-state index in [-0.39, 0.29) is 12.5 Å². The molecule has 0 aliphatic heterocycles. The number of carbonyl (C=O) groups excluding carboxylic acids is 1. The Balaban J connectivity index is 1.68. The van der Waals surface area contributed by atoms with E-state index in [9.17, 15) is 10.1 Å². The molecule has 1 heterocycles. The van der Waals surface area contributed by atoms with Crippen molar-refractivity contribution in [1.29, 1.82) is 5.26 Å². The normalized spacial score (nSPS) is 16.3. The van der Waals surface area contributed by atoms with Gasteiger partial charge in [0.2, 0.25) is 5.88 Å². The maximum Gasteiger partial charge on any atom is 0.259 e. The lowest BCUT2D eigenvalue weighted by Crippen LogP contribution is -2.50. The number of rotatable bonds is 4. The third kappa shape index (κ3) is 3.65. The first-order valence-corrected chi connectivity index (χ1v) is 8.66. The van der Waals surface area contributed by atoms with Crippen LogP contribution in [0.15, 0.2) is 29.0 Å². The molecule has 1 N–H and O–H groups in total. The highest BCUT2D eigenvalue weighted by molar-refractivity contribution is 9.10. The molecule has 1 aromatic carbocycles. The number of ether oxygens (including phenoxy) is 1. The molecule has 0 bridgehead atoms. The van der Waals surface area contributed by atoms with Gasteiger partial charge in [-0.05, 0) is 31.0 Å². The second-order valence-electron chi connectivity index (χ2n) is 5.93. The summed E-state index contributed by atoms with van der Waals surface area (Å²) in [6.45, 7) is -0.179. The van der Waals surface area contributed by atoms with E-state index >= 15 is 0 Å². The third-order valence-corrected chi connectivity index (χ3v) is 4.69. The van der Waals surface area contributed by atoms with Crippen LogP contribution in [0.25, 0.3) is 10.9 Å². The Morgan fingerprint density at radius 2 is 2.12 bits per heavy atom. The maximum atomic E-state index is 12.2.